The van der Waals surface area contributed by atoms with E-state index in [9.17, 15) is 31.1 Å². The van der Waals surface area contributed by atoms with Gasteiger partial charge in [0, 0.05) is 55.0 Å². The molecule has 270 valence electrons. The second kappa shape index (κ2) is 18.0. The summed E-state index contributed by atoms with van der Waals surface area (Å²) in [5.41, 5.74) is 3.28. The third-order valence-electron chi connectivity index (χ3n) is 7.72. The second-order valence-corrected chi connectivity index (χ2v) is 12.2. The Balaban J connectivity index is 0.000000408. The number of benzene rings is 3. The van der Waals surface area contributed by atoms with Gasteiger partial charge in [0.1, 0.15) is 0 Å². The minimum Gasteiger partial charge on any atom is -0.475 e. The number of carboxylic acids is 2. The zero-order chi connectivity index (χ0) is 37.1. The molecule has 0 spiro atoms. The maximum absolute atomic E-state index is 13.6. The number of piperazine rings is 1. The number of aromatic nitrogens is 2. The Bertz CT molecular complexity index is 1700. The van der Waals surface area contributed by atoms with Crippen molar-refractivity contribution in [3.63, 3.8) is 0 Å². The van der Waals surface area contributed by atoms with E-state index in [4.69, 9.17) is 19.8 Å². The molecule has 2 N–H and O–H groups in total. The number of hydrogen-bond acceptors (Lipinski definition) is 5. The molecule has 1 aliphatic rings. The van der Waals surface area contributed by atoms with Crippen LogP contribution in [-0.2, 0) is 22.7 Å². The third-order valence-corrected chi connectivity index (χ3v) is 8.25. The molecule has 0 bridgehead atoms. The summed E-state index contributed by atoms with van der Waals surface area (Å²) in [5, 5.41) is 16.4. The number of imidazole rings is 1. The monoisotopic (exact) mass is 772 g/mol. The Morgan fingerprint density at radius 3 is 2.06 bits per heavy atom. The first-order chi connectivity index (χ1) is 23.5. The Hall–Kier alpha value is -4.44. The predicted octanol–water partition coefficient (Wildman–Crippen LogP) is 7.63. The molecule has 9 nitrogen and oxygen atoms in total. The quantitative estimate of drug-likeness (QED) is 0.177. The summed E-state index contributed by atoms with van der Waals surface area (Å²) >= 11 is 3.52. The van der Waals surface area contributed by atoms with Crippen LogP contribution in [0.1, 0.15) is 47.8 Å². The highest BCUT2D eigenvalue weighted by molar-refractivity contribution is 9.10. The lowest BCUT2D eigenvalue weighted by Gasteiger charge is -2.41. The third kappa shape index (κ3) is 11.9. The van der Waals surface area contributed by atoms with E-state index in [-0.39, 0.29) is 5.91 Å². The average molecular weight is 774 g/mol. The summed E-state index contributed by atoms with van der Waals surface area (Å²) in [4.78, 5) is 40.5. The normalized spacial score (nSPS) is 15.0. The molecule has 1 saturated heterocycles. The summed E-state index contributed by atoms with van der Waals surface area (Å²) in [6.45, 7) is 6.27. The van der Waals surface area contributed by atoms with Gasteiger partial charge in [-0.25, -0.2) is 14.6 Å². The van der Waals surface area contributed by atoms with Crippen LogP contribution in [-0.4, -0.2) is 85.4 Å². The van der Waals surface area contributed by atoms with Crippen molar-refractivity contribution in [2.45, 2.75) is 57.7 Å². The van der Waals surface area contributed by atoms with Gasteiger partial charge in [-0.2, -0.15) is 26.3 Å². The molecule has 50 heavy (non-hydrogen) atoms. The van der Waals surface area contributed by atoms with Gasteiger partial charge in [0.15, 0.2) is 0 Å². The number of amides is 1. The molecule has 3 aromatic carbocycles. The fourth-order valence-electron chi connectivity index (χ4n) is 5.20. The van der Waals surface area contributed by atoms with Crippen molar-refractivity contribution in [3.05, 3.63) is 101 Å². The molecular formula is C34H35BrF6N4O5. The predicted molar refractivity (Wildman–Crippen MR) is 176 cm³/mol. The maximum Gasteiger partial charge on any atom is 0.490 e. The zero-order valence-corrected chi connectivity index (χ0v) is 28.4. The maximum atomic E-state index is 13.6. The molecule has 1 aliphatic heterocycles. The molecule has 0 saturated carbocycles. The van der Waals surface area contributed by atoms with E-state index in [0.29, 0.717) is 6.04 Å². The van der Waals surface area contributed by atoms with Gasteiger partial charge in [-0.1, -0.05) is 84.2 Å². The van der Waals surface area contributed by atoms with Crippen LogP contribution in [0.4, 0.5) is 26.3 Å². The van der Waals surface area contributed by atoms with Crippen LogP contribution < -0.4 is 0 Å². The molecule has 2 heterocycles. The first kappa shape index (κ1) is 40.0. The van der Waals surface area contributed by atoms with E-state index in [2.05, 4.69) is 84.7 Å². The minimum atomic E-state index is -5.08. The molecule has 16 heteroatoms. The number of carboxylic acid groups (broad SMARTS) is 2. The van der Waals surface area contributed by atoms with E-state index in [1.54, 1.807) is 0 Å². The number of alkyl halides is 6. The number of rotatable bonds is 8. The molecular weight excluding hydrogens is 738 g/mol. The van der Waals surface area contributed by atoms with E-state index in [1.807, 2.05) is 36.8 Å². The lowest BCUT2D eigenvalue weighted by atomic mass is 10.0. The van der Waals surface area contributed by atoms with Crippen molar-refractivity contribution in [2.75, 3.05) is 19.6 Å². The Labute approximate surface area is 292 Å². The number of unbranched alkanes of at least 4 members (excludes halogenated alkanes) is 1. The van der Waals surface area contributed by atoms with Crippen molar-refractivity contribution in [2.24, 2.45) is 0 Å². The molecule has 1 fully saturated rings. The molecule has 1 atom stereocenters. The van der Waals surface area contributed by atoms with Crippen LogP contribution in [0.15, 0.2) is 83.7 Å². The Kier molecular flexibility index (Phi) is 14.4. The molecule has 1 amide bonds. The number of aliphatic carboxylic acids is 2. The fourth-order valence-corrected chi connectivity index (χ4v) is 5.46. The van der Waals surface area contributed by atoms with Gasteiger partial charge in [0.2, 0.25) is 0 Å². The number of hydrogen-bond donors (Lipinski definition) is 2. The molecule has 4 aromatic rings. The zero-order valence-electron chi connectivity index (χ0n) is 26.8. The highest BCUT2D eigenvalue weighted by Crippen LogP contribution is 2.24. The van der Waals surface area contributed by atoms with Crippen molar-refractivity contribution < 1.29 is 50.9 Å². The standard InChI is InChI=1S/C30H33BrN4O.2C2HF3O2/c1-2-3-9-26-20-34(30(36)29-11-6-8-24-7-4-5-10-28(24)29)17-16-33(26)21-27-18-32-22-35(27)19-23-12-14-25(31)15-13-23;2*3-2(4,5)1(6)7/h4-8,10-15,18,22,26H,2-3,9,16-17,19-21H2,1H3;2*(H,6,7)/t26-;;/m0../s1. The van der Waals surface area contributed by atoms with E-state index in [1.165, 1.54) is 11.3 Å². The van der Waals surface area contributed by atoms with Gasteiger partial charge in [0.25, 0.3) is 5.91 Å². The fraction of sp³-hybridized carbons (Fsp3) is 0.353. The van der Waals surface area contributed by atoms with Crippen LogP contribution in [0.5, 0.6) is 0 Å². The molecule has 0 unspecified atom stereocenters. The molecule has 1 aromatic heterocycles. The van der Waals surface area contributed by atoms with Gasteiger partial charge in [-0.05, 0) is 41.0 Å². The largest absolute Gasteiger partial charge is 0.490 e. The summed E-state index contributed by atoms with van der Waals surface area (Å²) in [6.07, 6.45) is -2.84. The molecule has 0 aliphatic carbocycles. The Morgan fingerprint density at radius 2 is 1.46 bits per heavy atom. The highest BCUT2D eigenvalue weighted by atomic mass is 79.9. The first-order valence-corrected chi connectivity index (χ1v) is 16.1. The summed E-state index contributed by atoms with van der Waals surface area (Å²) in [7, 11) is 0. The SMILES string of the molecule is CCCC[C@H]1CN(C(=O)c2cccc3ccccc23)CCN1Cc1cncn1Cc1ccc(Br)cc1.O=C(O)C(F)(F)F.O=C(O)C(F)(F)F. The lowest BCUT2D eigenvalue weighted by Crippen LogP contribution is -2.54. The Morgan fingerprint density at radius 1 is 0.860 bits per heavy atom. The van der Waals surface area contributed by atoms with Crippen molar-refractivity contribution in [1.82, 2.24) is 19.4 Å². The van der Waals surface area contributed by atoms with Crippen LogP contribution in [0.3, 0.4) is 0 Å². The summed E-state index contributed by atoms with van der Waals surface area (Å²) in [6, 6.07) is 23.0. The van der Waals surface area contributed by atoms with Crippen LogP contribution >= 0.6 is 15.9 Å². The van der Waals surface area contributed by atoms with Gasteiger partial charge in [-0.3, -0.25) is 9.69 Å². The number of fused-ring (bicyclic) bond motifs is 1. The lowest BCUT2D eigenvalue weighted by molar-refractivity contribution is -0.193. The molecule has 0 radical (unpaired) electrons. The van der Waals surface area contributed by atoms with E-state index < -0.39 is 24.3 Å². The van der Waals surface area contributed by atoms with Crippen LogP contribution in [0.25, 0.3) is 10.8 Å². The number of carbonyl (C=O) groups is 3. The summed E-state index contributed by atoms with van der Waals surface area (Å²) in [5.74, 6) is -5.37. The van der Waals surface area contributed by atoms with Crippen LogP contribution in [0.2, 0.25) is 0 Å². The van der Waals surface area contributed by atoms with Gasteiger partial charge in [-0.15, -0.1) is 0 Å². The van der Waals surface area contributed by atoms with E-state index in [0.717, 1.165) is 72.8 Å². The van der Waals surface area contributed by atoms with Gasteiger partial charge in [0.05, 0.1) is 12.0 Å². The van der Waals surface area contributed by atoms with Gasteiger partial charge >= 0.3 is 24.3 Å². The first-order valence-electron chi connectivity index (χ1n) is 15.4. The number of nitrogens with zero attached hydrogens (tertiary/aromatic N) is 4. The van der Waals surface area contributed by atoms with Crippen LogP contribution in [0, 0.1) is 0 Å². The second-order valence-electron chi connectivity index (χ2n) is 11.3. The topological polar surface area (TPSA) is 116 Å². The van der Waals surface area contributed by atoms with Crippen molar-refractivity contribution in [1.29, 1.82) is 0 Å². The average Bonchev–Trinajstić information content (AvgIpc) is 3.50. The van der Waals surface area contributed by atoms with Crippen molar-refractivity contribution in [3.8, 4) is 0 Å². The summed E-state index contributed by atoms with van der Waals surface area (Å²) < 4.78 is 66.8. The highest BCUT2D eigenvalue weighted by Gasteiger charge is 2.39. The number of carbonyl (C=O) groups excluding carboxylic acids is 1. The molecule has 5 rings (SSSR count). The van der Waals surface area contributed by atoms with Crippen molar-refractivity contribution >= 4 is 44.5 Å². The van der Waals surface area contributed by atoms with E-state index >= 15 is 0 Å². The minimum absolute atomic E-state index is 0.147. The van der Waals surface area contributed by atoms with Gasteiger partial charge < -0.3 is 19.7 Å². The smallest absolute Gasteiger partial charge is 0.475 e. The number of halogens is 7.